The number of carbonyl (C=O) groups excluding carboxylic acids is 1. The number of hydroxylamine groups is 1. The Kier molecular flexibility index (Phi) is 7.99. The Balaban J connectivity index is 1.87. The molecule has 0 unspecified atom stereocenters. The third kappa shape index (κ3) is 5.42. The topological polar surface area (TPSA) is 130 Å². The second-order valence-corrected chi connectivity index (χ2v) is 11.8. The van der Waals surface area contributed by atoms with Crippen LogP contribution in [-0.4, -0.2) is 57.7 Å². The van der Waals surface area contributed by atoms with Crippen molar-refractivity contribution in [1.29, 1.82) is 0 Å². The first-order valence-electron chi connectivity index (χ1n) is 10.5. The maximum Gasteiger partial charge on any atom is 0.250 e. The number of nitrogens with zero attached hydrogens (tertiary/aromatic N) is 1. The van der Waals surface area contributed by atoms with E-state index in [2.05, 4.69) is 11.8 Å². The fourth-order valence-corrected chi connectivity index (χ4v) is 7.39. The maximum atomic E-state index is 13.4. The summed E-state index contributed by atoms with van der Waals surface area (Å²) in [6.07, 6.45) is -0.177. The Morgan fingerprint density at radius 1 is 1.06 bits per heavy atom. The highest BCUT2D eigenvalue weighted by Crippen LogP contribution is 2.38. The summed E-state index contributed by atoms with van der Waals surface area (Å²) in [5.41, 5.74) is 0.0493. The quantitative estimate of drug-likeness (QED) is 0.317. The second kappa shape index (κ2) is 10.6. The molecule has 0 radical (unpaired) electrons. The van der Waals surface area contributed by atoms with Crippen molar-refractivity contribution in [3.05, 3.63) is 54.6 Å². The molecule has 0 aliphatic carbocycles. The summed E-state index contributed by atoms with van der Waals surface area (Å²) in [5.74, 6) is 3.97. The van der Waals surface area contributed by atoms with Gasteiger partial charge in [-0.2, -0.15) is 4.31 Å². The van der Waals surface area contributed by atoms with Crippen LogP contribution in [0.3, 0.4) is 0 Å². The Bertz CT molecular complexity index is 1290. The number of hydrogen-bond acceptors (Lipinski definition) is 7. The Hall–Kier alpha value is -2.91. The van der Waals surface area contributed by atoms with Gasteiger partial charge in [-0.05, 0) is 44.0 Å². The van der Waals surface area contributed by atoms with E-state index in [1.54, 1.807) is 42.7 Å². The smallest absolute Gasteiger partial charge is 0.250 e. The van der Waals surface area contributed by atoms with Crippen molar-refractivity contribution >= 4 is 25.8 Å². The Morgan fingerprint density at radius 3 is 2.29 bits per heavy atom. The van der Waals surface area contributed by atoms with Gasteiger partial charge in [0.15, 0.2) is 9.84 Å². The van der Waals surface area contributed by atoms with Gasteiger partial charge in [-0.15, -0.1) is 5.92 Å². The number of ether oxygens (including phenoxy) is 1. The van der Waals surface area contributed by atoms with Gasteiger partial charge < -0.3 is 4.74 Å². The molecule has 34 heavy (non-hydrogen) atoms. The summed E-state index contributed by atoms with van der Waals surface area (Å²) in [6, 6.07) is 13.9. The van der Waals surface area contributed by atoms with Gasteiger partial charge in [0.25, 0.3) is 5.91 Å². The van der Waals surface area contributed by atoms with Gasteiger partial charge in [-0.3, -0.25) is 10.0 Å². The first kappa shape index (κ1) is 25.7. The average molecular weight is 507 g/mol. The largest absolute Gasteiger partial charge is 0.480 e. The number of carbonyl (C=O) groups is 1. The van der Waals surface area contributed by atoms with Gasteiger partial charge in [0, 0.05) is 13.1 Å². The molecule has 0 spiro atoms. The molecule has 0 bridgehead atoms. The van der Waals surface area contributed by atoms with Crippen LogP contribution >= 0.6 is 0 Å². The lowest BCUT2D eigenvalue weighted by Crippen LogP contribution is -2.52. The summed E-state index contributed by atoms with van der Waals surface area (Å²) in [6.45, 7) is 1.47. The molecule has 182 valence electrons. The van der Waals surface area contributed by atoms with E-state index >= 15 is 0 Å². The molecule has 1 aliphatic heterocycles. The minimum atomic E-state index is -4.06. The van der Waals surface area contributed by atoms with Gasteiger partial charge >= 0.3 is 0 Å². The van der Waals surface area contributed by atoms with Crippen LogP contribution in [0.15, 0.2) is 64.4 Å². The third-order valence-electron chi connectivity index (χ3n) is 5.77. The second-order valence-electron chi connectivity index (χ2n) is 7.86. The van der Waals surface area contributed by atoms with Gasteiger partial charge in [0.2, 0.25) is 10.0 Å². The molecule has 2 N–H and O–H groups in total. The van der Waals surface area contributed by atoms with Crippen LogP contribution < -0.4 is 10.2 Å². The van der Waals surface area contributed by atoms with Crippen LogP contribution in [0, 0.1) is 17.3 Å². The van der Waals surface area contributed by atoms with Gasteiger partial charge in [0.05, 0.1) is 16.1 Å². The van der Waals surface area contributed by atoms with Gasteiger partial charge in [0.1, 0.15) is 17.3 Å². The van der Waals surface area contributed by atoms with Crippen molar-refractivity contribution in [1.82, 2.24) is 9.79 Å². The van der Waals surface area contributed by atoms with Crippen LogP contribution in [0.2, 0.25) is 0 Å². The van der Waals surface area contributed by atoms with Crippen LogP contribution in [0.5, 0.6) is 5.75 Å². The highest BCUT2D eigenvalue weighted by atomic mass is 32.2. The lowest BCUT2D eigenvalue weighted by molar-refractivity contribution is -0.140. The highest BCUT2D eigenvalue weighted by Gasteiger charge is 2.47. The monoisotopic (exact) mass is 506 g/mol. The molecule has 0 atom stereocenters. The molecule has 1 amide bonds. The predicted molar refractivity (Wildman–Crippen MR) is 124 cm³/mol. The minimum Gasteiger partial charge on any atom is -0.480 e. The van der Waals surface area contributed by atoms with Gasteiger partial charge in [-0.1, -0.05) is 36.3 Å². The van der Waals surface area contributed by atoms with E-state index in [0.717, 1.165) is 0 Å². The molecule has 11 heteroatoms. The zero-order valence-electron chi connectivity index (χ0n) is 18.6. The fourth-order valence-electron chi connectivity index (χ4n) is 3.91. The Morgan fingerprint density at radius 2 is 1.68 bits per heavy atom. The summed E-state index contributed by atoms with van der Waals surface area (Å²) < 4.78 is 59.3. The molecule has 2 aromatic rings. The van der Waals surface area contributed by atoms with E-state index < -0.39 is 36.9 Å². The van der Waals surface area contributed by atoms with Crippen molar-refractivity contribution in [2.45, 2.75) is 29.6 Å². The van der Waals surface area contributed by atoms with E-state index in [4.69, 9.17) is 4.74 Å². The minimum absolute atomic E-state index is 0.00237. The number of rotatable bonds is 8. The summed E-state index contributed by atoms with van der Waals surface area (Å²) in [4.78, 5) is 12.7. The lowest BCUT2D eigenvalue weighted by atomic mass is 9.80. The molecule has 0 aromatic heterocycles. The van der Waals surface area contributed by atoms with E-state index in [-0.39, 0.29) is 48.1 Å². The number of hydrogen-bond donors (Lipinski definition) is 2. The van der Waals surface area contributed by atoms with Crippen molar-refractivity contribution in [3.63, 3.8) is 0 Å². The molecular weight excluding hydrogens is 480 g/mol. The average Bonchev–Trinajstić information content (AvgIpc) is 2.84. The molecule has 1 saturated heterocycles. The molecule has 1 fully saturated rings. The molecule has 1 aliphatic rings. The number of para-hydroxylation sites is 1. The molecule has 1 heterocycles. The van der Waals surface area contributed by atoms with E-state index in [1.165, 1.54) is 28.6 Å². The molecular formula is C23H26N2O7S2. The summed E-state index contributed by atoms with van der Waals surface area (Å²) in [5, 5.41) is 9.36. The fraction of sp³-hybridized carbons (Fsp3) is 0.348. The zero-order chi connectivity index (χ0) is 24.8. The molecule has 3 rings (SSSR count). The zero-order valence-corrected chi connectivity index (χ0v) is 20.2. The number of sulfone groups is 1. The number of sulfonamides is 1. The lowest BCUT2D eigenvalue weighted by Gasteiger charge is -2.39. The van der Waals surface area contributed by atoms with Gasteiger partial charge in [-0.25, -0.2) is 22.3 Å². The molecule has 0 saturated carbocycles. The third-order valence-corrected chi connectivity index (χ3v) is 9.62. The normalized spacial score (nSPS) is 16.2. The van der Waals surface area contributed by atoms with Crippen molar-refractivity contribution < 1.29 is 31.6 Å². The number of nitrogens with one attached hydrogen (secondary N) is 1. The van der Waals surface area contributed by atoms with E-state index in [1.807, 2.05) is 0 Å². The van der Waals surface area contributed by atoms with Crippen LogP contribution in [0.4, 0.5) is 0 Å². The van der Waals surface area contributed by atoms with Crippen LogP contribution in [0.1, 0.15) is 19.8 Å². The summed E-state index contributed by atoms with van der Waals surface area (Å²) >= 11 is 0. The van der Waals surface area contributed by atoms with Crippen molar-refractivity contribution in [2.75, 3.05) is 25.4 Å². The molecule has 9 nitrogen and oxygen atoms in total. The van der Waals surface area contributed by atoms with E-state index in [0.29, 0.717) is 0 Å². The maximum absolute atomic E-state index is 13.4. The van der Waals surface area contributed by atoms with Crippen molar-refractivity contribution in [3.8, 4) is 17.6 Å². The summed E-state index contributed by atoms with van der Waals surface area (Å²) in [7, 11) is -7.86. The number of amides is 1. The van der Waals surface area contributed by atoms with Crippen molar-refractivity contribution in [2.24, 2.45) is 5.41 Å². The standard InChI is InChI=1S/C23H26N2O7S2/c1-2-3-17-32-20-11-7-8-12-21(20)33(28,29)18-23(22(26)24-27)13-15-25(16-14-23)34(30,31)19-9-5-4-6-10-19/h4-12,27H,13-18H2,1H3,(H,24,26). The first-order chi connectivity index (χ1) is 16.2. The molecule has 2 aromatic carbocycles. The predicted octanol–water partition coefficient (Wildman–Crippen LogP) is 1.84. The highest BCUT2D eigenvalue weighted by molar-refractivity contribution is 7.91. The van der Waals surface area contributed by atoms with Crippen LogP contribution in [-0.2, 0) is 24.7 Å². The number of benzene rings is 2. The van der Waals surface area contributed by atoms with Crippen LogP contribution in [0.25, 0.3) is 0 Å². The first-order valence-corrected chi connectivity index (χ1v) is 13.6. The Labute approximate surface area is 199 Å². The SMILES string of the molecule is CC#CCOc1ccccc1S(=O)(=O)CC1(C(=O)NO)CCN(S(=O)(=O)c2ccccc2)CC1. The number of piperidine rings is 1. The van der Waals surface area contributed by atoms with E-state index in [9.17, 15) is 26.8 Å².